The van der Waals surface area contributed by atoms with E-state index in [0.29, 0.717) is 12.1 Å². The highest BCUT2D eigenvalue weighted by atomic mass is 16.3. The average Bonchev–Trinajstić information content (AvgIpc) is 2.81. The molecule has 0 spiro atoms. The first-order chi connectivity index (χ1) is 14.8. The largest absolute Gasteiger partial charge is 0.396 e. The second-order valence-corrected chi connectivity index (χ2v) is 8.93. The highest BCUT2D eigenvalue weighted by Crippen LogP contribution is 2.23. The number of piperidine rings is 1. The van der Waals surface area contributed by atoms with Crippen LogP contribution in [0.5, 0.6) is 0 Å². The SMILES string of the molecule is OCCC1CN(C2CCN(CCc3ccccc3)CC2)CCN1Cc1ccccc1. The van der Waals surface area contributed by atoms with E-state index >= 15 is 0 Å². The van der Waals surface area contributed by atoms with E-state index in [9.17, 15) is 5.11 Å². The minimum absolute atomic E-state index is 0.279. The van der Waals surface area contributed by atoms with Crippen molar-refractivity contribution in [3.63, 3.8) is 0 Å². The summed E-state index contributed by atoms with van der Waals surface area (Å²) in [6, 6.07) is 22.8. The van der Waals surface area contributed by atoms with E-state index in [1.54, 1.807) is 0 Å². The van der Waals surface area contributed by atoms with Crippen molar-refractivity contribution in [3.8, 4) is 0 Å². The van der Waals surface area contributed by atoms with Crippen molar-refractivity contribution in [2.75, 3.05) is 45.9 Å². The molecule has 4 heteroatoms. The zero-order valence-electron chi connectivity index (χ0n) is 18.2. The fourth-order valence-corrected chi connectivity index (χ4v) is 5.14. The maximum absolute atomic E-state index is 9.63. The smallest absolute Gasteiger partial charge is 0.0446 e. The predicted octanol–water partition coefficient (Wildman–Crippen LogP) is 3.26. The molecule has 2 aromatic rings. The molecule has 4 rings (SSSR count). The van der Waals surface area contributed by atoms with E-state index in [1.165, 1.54) is 43.6 Å². The van der Waals surface area contributed by atoms with Crippen LogP contribution in [0.4, 0.5) is 0 Å². The van der Waals surface area contributed by atoms with Crippen molar-refractivity contribution < 1.29 is 5.11 Å². The van der Waals surface area contributed by atoms with Crippen molar-refractivity contribution in [3.05, 3.63) is 71.8 Å². The third kappa shape index (κ3) is 5.92. The summed E-state index contributed by atoms with van der Waals surface area (Å²) in [5, 5.41) is 9.63. The van der Waals surface area contributed by atoms with Crippen molar-refractivity contribution in [2.45, 2.75) is 44.3 Å². The van der Waals surface area contributed by atoms with Crippen LogP contribution in [0.1, 0.15) is 30.4 Å². The fraction of sp³-hybridized carbons (Fsp3) is 0.538. The minimum atomic E-state index is 0.279. The molecule has 2 saturated heterocycles. The summed E-state index contributed by atoms with van der Waals surface area (Å²) in [5.74, 6) is 0. The summed E-state index contributed by atoms with van der Waals surface area (Å²) in [6.45, 7) is 8.24. The third-order valence-electron chi connectivity index (χ3n) is 6.96. The maximum Gasteiger partial charge on any atom is 0.0446 e. The molecule has 0 saturated carbocycles. The van der Waals surface area contributed by atoms with Gasteiger partial charge in [-0.2, -0.15) is 0 Å². The monoisotopic (exact) mass is 407 g/mol. The first-order valence-corrected chi connectivity index (χ1v) is 11.7. The lowest BCUT2D eigenvalue weighted by atomic mass is 9.99. The number of nitrogens with zero attached hydrogens (tertiary/aromatic N) is 3. The molecule has 2 heterocycles. The lowest BCUT2D eigenvalue weighted by Gasteiger charge is -2.46. The normalized spacial score (nSPS) is 22.4. The number of likely N-dealkylation sites (tertiary alicyclic amines) is 1. The van der Waals surface area contributed by atoms with Crippen LogP contribution in [0, 0.1) is 0 Å². The van der Waals surface area contributed by atoms with Crippen molar-refractivity contribution in [1.29, 1.82) is 0 Å². The molecule has 0 radical (unpaired) electrons. The number of piperazine rings is 1. The molecule has 162 valence electrons. The molecule has 4 nitrogen and oxygen atoms in total. The Labute approximate surface area is 182 Å². The zero-order chi connectivity index (χ0) is 20.6. The number of aliphatic hydroxyl groups is 1. The van der Waals surface area contributed by atoms with Gasteiger partial charge in [0, 0.05) is 51.4 Å². The van der Waals surface area contributed by atoms with Crippen LogP contribution in [0.3, 0.4) is 0 Å². The van der Waals surface area contributed by atoms with Gasteiger partial charge in [0.25, 0.3) is 0 Å². The van der Waals surface area contributed by atoms with Gasteiger partial charge in [0.2, 0.25) is 0 Å². The molecule has 2 aliphatic rings. The number of benzene rings is 2. The molecule has 2 aromatic carbocycles. The molecule has 1 N–H and O–H groups in total. The summed E-state index contributed by atoms with van der Waals surface area (Å²) < 4.78 is 0. The van der Waals surface area contributed by atoms with Crippen molar-refractivity contribution >= 4 is 0 Å². The summed E-state index contributed by atoms with van der Waals surface area (Å²) >= 11 is 0. The van der Waals surface area contributed by atoms with Crippen LogP contribution < -0.4 is 0 Å². The number of rotatable bonds is 8. The highest BCUT2D eigenvalue weighted by molar-refractivity contribution is 5.15. The van der Waals surface area contributed by atoms with Gasteiger partial charge < -0.3 is 10.0 Å². The Morgan fingerprint density at radius 3 is 2.13 bits per heavy atom. The molecule has 0 bridgehead atoms. The molecule has 0 aliphatic carbocycles. The van der Waals surface area contributed by atoms with E-state index in [4.69, 9.17) is 0 Å². The minimum Gasteiger partial charge on any atom is -0.396 e. The summed E-state index contributed by atoms with van der Waals surface area (Å²) in [5.41, 5.74) is 2.82. The van der Waals surface area contributed by atoms with Gasteiger partial charge in [-0.1, -0.05) is 60.7 Å². The summed E-state index contributed by atoms with van der Waals surface area (Å²) in [6.07, 6.45) is 4.58. The van der Waals surface area contributed by atoms with E-state index in [2.05, 4.69) is 75.4 Å². The standard InChI is InChI=1S/C26H37N3O/c30-20-14-26-22-29(19-18-28(26)21-24-9-5-2-6-10-24)25-12-16-27(17-13-25)15-11-23-7-3-1-4-8-23/h1-10,25-26,30H,11-22H2. The molecule has 30 heavy (non-hydrogen) atoms. The average molecular weight is 408 g/mol. The molecular formula is C26H37N3O. The van der Waals surface area contributed by atoms with Crippen molar-refractivity contribution in [1.82, 2.24) is 14.7 Å². The van der Waals surface area contributed by atoms with Gasteiger partial charge in [0.15, 0.2) is 0 Å². The maximum atomic E-state index is 9.63. The van der Waals surface area contributed by atoms with E-state index in [0.717, 1.165) is 39.0 Å². The lowest BCUT2D eigenvalue weighted by molar-refractivity contribution is 0.0132. The van der Waals surface area contributed by atoms with Gasteiger partial charge >= 0.3 is 0 Å². The molecule has 0 amide bonds. The predicted molar refractivity (Wildman–Crippen MR) is 124 cm³/mol. The Morgan fingerprint density at radius 1 is 0.800 bits per heavy atom. The van der Waals surface area contributed by atoms with Gasteiger partial charge in [0.1, 0.15) is 0 Å². The van der Waals surface area contributed by atoms with Crippen LogP contribution in [0.2, 0.25) is 0 Å². The molecule has 1 unspecified atom stereocenters. The van der Waals surface area contributed by atoms with Gasteiger partial charge in [-0.3, -0.25) is 9.80 Å². The topological polar surface area (TPSA) is 30.0 Å². The Balaban J connectivity index is 1.25. The Kier molecular flexibility index (Phi) is 7.93. The number of hydrogen-bond acceptors (Lipinski definition) is 4. The zero-order valence-corrected chi connectivity index (χ0v) is 18.2. The van der Waals surface area contributed by atoms with Crippen LogP contribution in [0.25, 0.3) is 0 Å². The summed E-state index contributed by atoms with van der Waals surface area (Å²) in [4.78, 5) is 7.94. The molecular weight excluding hydrogens is 370 g/mol. The number of aliphatic hydroxyl groups excluding tert-OH is 1. The first kappa shape index (κ1) is 21.5. The molecule has 2 aliphatic heterocycles. The van der Waals surface area contributed by atoms with Crippen LogP contribution in [-0.2, 0) is 13.0 Å². The second kappa shape index (κ2) is 11.1. The highest BCUT2D eigenvalue weighted by Gasteiger charge is 2.32. The fourth-order valence-electron chi connectivity index (χ4n) is 5.14. The van der Waals surface area contributed by atoms with Crippen molar-refractivity contribution in [2.24, 2.45) is 0 Å². The van der Waals surface area contributed by atoms with E-state index in [1.807, 2.05) is 0 Å². The van der Waals surface area contributed by atoms with E-state index in [-0.39, 0.29) is 6.61 Å². The quantitative estimate of drug-likeness (QED) is 0.728. The van der Waals surface area contributed by atoms with Gasteiger partial charge in [0.05, 0.1) is 0 Å². The molecule has 1 atom stereocenters. The Morgan fingerprint density at radius 2 is 1.47 bits per heavy atom. The summed E-state index contributed by atoms with van der Waals surface area (Å²) in [7, 11) is 0. The number of hydrogen-bond donors (Lipinski definition) is 1. The second-order valence-electron chi connectivity index (χ2n) is 8.93. The van der Waals surface area contributed by atoms with Gasteiger partial charge in [-0.05, 0) is 49.9 Å². The lowest BCUT2D eigenvalue weighted by Crippen LogP contribution is -2.57. The van der Waals surface area contributed by atoms with E-state index < -0.39 is 0 Å². The molecule has 0 aromatic heterocycles. The van der Waals surface area contributed by atoms with Crippen LogP contribution >= 0.6 is 0 Å². The van der Waals surface area contributed by atoms with Crippen LogP contribution in [-0.4, -0.2) is 77.8 Å². The first-order valence-electron chi connectivity index (χ1n) is 11.7. The Bertz CT molecular complexity index is 730. The van der Waals surface area contributed by atoms with Gasteiger partial charge in [-0.15, -0.1) is 0 Å². The third-order valence-corrected chi connectivity index (χ3v) is 6.96. The van der Waals surface area contributed by atoms with Gasteiger partial charge in [-0.25, -0.2) is 0 Å². The molecule has 2 fully saturated rings. The Hall–Kier alpha value is -1.72. The van der Waals surface area contributed by atoms with Crippen LogP contribution in [0.15, 0.2) is 60.7 Å².